The molecule has 0 bridgehead atoms. The minimum atomic E-state index is 0.200. The van der Waals surface area contributed by atoms with Crippen molar-refractivity contribution >= 4 is 17.7 Å². The van der Waals surface area contributed by atoms with Crippen LogP contribution in [0.4, 0.5) is 0 Å². The van der Waals surface area contributed by atoms with Crippen LogP contribution in [-0.4, -0.2) is 44.4 Å². The van der Waals surface area contributed by atoms with Gasteiger partial charge in [0.15, 0.2) is 11.0 Å². The molecule has 1 aliphatic heterocycles. The standard InChI is InChI=1S/C18H24N4OS/c1-13-6-8-15(9-7-13)17-19-20-18(21(17)3)24-12-16(23)22-10-4-5-14(2)11-22/h6-9,14H,4-5,10-12H2,1-3H3. The van der Waals surface area contributed by atoms with Crippen LogP contribution in [0.15, 0.2) is 29.4 Å². The molecule has 1 aliphatic rings. The zero-order valence-electron chi connectivity index (χ0n) is 14.5. The van der Waals surface area contributed by atoms with Gasteiger partial charge in [0.25, 0.3) is 0 Å². The number of nitrogens with zero attached hydrogens (tertiary/aromatic N) is 4. The van der Waals surface area contributed by atoms with E-state index < -0.39 is 0 Å². The molecule has 2 aromatic rings. The van der Waals surface area contributed by atoms with Gasteiger partial charge >= 0.3 is 0 Å². The molecule has 5 nitrogen and oxygen atoms in total. The summed E-state index contributed by atoms with van der Waals surface area (Å²) in [5, 5.41) is 9.32. The molecule has 0 saturated carbocycles. The van der Waals surface area contributed by atoms with Crippen LogP contribution in [0.3, 0.4) is 0 Å². The topological polar surface area (TPSA) is 51.0 Å². The summed E-state index contributed by atoms with van der Waals surface area (Å²) in [6, 6.07) is 8.23. The molecule has 1 saturated heterocycles. The lowest BCUT2D eigenvalue weighted by molar-refractivity contribution is -0.130. The van der Waals surface area contributed by atoms with E-state index in [4.69, 9.17) is 0 Å². The van der Waals surface area contributed by atoms with E-state index in [2.05, 4.69) is 36.2 Å². The van der Waals surface area contributed by atoms with Crippen molar-refractivity contribution < 1.29 is 4.79 Å². The van der Waals surface area contributed by atoms with E-state index in [9.17, 15) is 4.79 Å². The van der Waals surface area contributed by atoms with E-state index in [0.29, 0.717) is 11.7 Å². The van der Waals surface area contributed by atoms with Gasteiger partial charge in [0.2, 0.25) is 5.91 Å². The number of hydrogen-bond donors (Lipinski definition) is 0. The molecule has 1 aromatic carbocycles. The number of piperidine rings is 1. The molecule has 0 aliphatic carbocycles. The second-order valence-corrected chi connectivity index (χ2v) is 7.55. The van der Waals surface area contributed by atoms with Crippen LogP contribution in [0.2, 0.25) is 0 Å². The predicted molar refractivity (Wildman–Crippen MR) is 96.9 cm³/mol. The van der Waals surface area contributed by atoms with Gasteiger partial charge in [0.05, 0.1) is 5.75 Å². The monoisotopic (exact) mass is 344 g/mol. The molecule has 1 atom stereocenters. The Morgan fingerprint density at radius 3 is 2.75 bits per heavy atom. The van der Waals surface area contributed by atoms with E-state index >= 15 is 0 Å². The summed E-state index contributed by atoms with van der Waals surface area (Å²) in [6.07, 6.45) is 2.33. The lowest BCUT2D eigenvalue weighted by atomic mass is 10.0. The fourth-order valence-electron chi connectivity index (χ4n) is 3.03. The molecule has 2 heterocycles. The number of rotatable bonds is 4. The molecule has 0 spiro atoms. The summed E-state index contributed by atoms with van der Waals surface area (Å²) < 4.78 is 1.96. The Hall–Kier alpha value is -1.82. The van der Waals surface area contributed by atoms with Crippen molar-refractivity contribution in [3.8, 4) is 11.4 Å². The van der Waals surface area contributed by atoms with E-state index in [1.807, 2.05) is 28.6 Å². The van der Waals surface area contributed by atoms with Crippen molar-refractivity contribution in [2.75, 3.05) is 18.8 Å². The van der Waals surface area contributed by atoms with E-state index in [1.165, 1.54) is 23.7 Å². The summed E-state index contributed by atoms with van der Waals surface area (Å²) in [5.74, 6) is 2.06. The molecule has 3 rings (SSSR count). The van der Waals surface area contributed by atoms with Crippen molar-refractivity contribution in [2.24, 2.45) is 13.0 Å². The van der Waals surface area contributed by atoms with Crippen LogP contribution in [0.1, 0.15) is 25.3 Å². The molecule has 6 heteroatoms. The molecule has 0 N–H and O–H groups in total. The summed E-state index contributed by atoms with van der Waals surface area (Å²) >= 11 is 1.47. The second kappa shape index (κ2) is 7.38. The summed E-state index contributed by atoms with van der Waals surface area (Å²) in [4.78, 5) is 14.4. The molecule has 1 aromatic heterocycles. The number of aryl methyl sites for hydroxylation is 1. The lowest BCUT2D eigenvalue weighted by Gasteiger charge is -2.30. The Balaban J connectivity index is 1.64. The molecular formula is C18H24N4OS. The smallest absolute Gasteiger partial charge is 0.233 e. The highest BCUT2D eigenvalue weighted by molar-refractivity contribution is 7.99. The zero-order chi connectivity index (χ0) is 17.1. The number of amides is 1. The predicted octanol–water partition coefficient (Wildman–Crippen LogP) is 3.14. The minimum Gasteiger partial charge on any atom is -0.342 e. The number of thioether (sulfide) groups is 1. The SMILES string of the molecule is Cc1ccc(-c2nnc(SCC(=O)N3CCCC(C)C3)n2C)cc1. The van der Waals surface area contributed by atoms with Crippen molar-refractivity contribution in [1.82, 2.24) is 19.7 Å². The van der Waals surface area contributed by atoms with Gasteiger partial charge < -0.3 is 9.47 Å². The number of likely N-dealkylation sites (tertiary alicyclic amines) is 1. The highest BCUT2D eigenvalue weighted by Gasteiger charge is 2.21. The molecule has 24 heavy (non-hydrogen) atoms. The zero-order valence-corrected chi connectivity index (χ0v) is 15.3. The van der Waals surface area contributed by atoms with Gasteiger partial charge in [0.1, 0.15) is 0 Å². The fourth-order valence-corrected chi connectivity index (χ4v) is 3.84. The third-order valence-corrected chi connectivity index (χ3v) is 5.48. The maximum absolute atomic E-state index is 12.4. The van der Waals surface area contributed by atoms with Gasteiger partial charge in [-0.15, -0.1) is 10.2 Å². The number of hydrogen-bond acceptors (Lipinski definition) is 4. The summed E-state index contributed by atoms with van der Waals surface area (Å²) in [7, 11) is 1.95. The maximum atomic E-state index is 12.4. The molecular weight excluding hydrogens is 320 g/mol. The van der Waals surface area contributed by atoms with Crippen LogP contribution < -0.4 is 0 Å². The van der Waals surface area contributed by atoms with Gasteiger partial charge in [-0.1, -0.05) is 48.5 Å². The fraction of sp³-hybridized carbons (Fsp3) is 0.500. The normalized spacial score (nSPS) is 18.0. The third kappa shape index (κ3) is 3.80. The van der Waals surface area contributed by atoms with Gasteiger partial charge in [-0.3, -0.25) is 4.79 Å². The van der Waals surface area contributed by atoms with Crippen molar-refractivity contribution in [3.05, 3.63) is 29.8 Å². The first-order chi connectivity index (χ1) is 11.5. The minimum absolute atomic E-state index is 0.200. The number of benzene rings is 1. The Labute approximate surface area is 147 Å². The van der Waals surface area contributed by atoms with Crippen LogP contribution in [-0.2, 0) is 11.8 Å². The number of aromatic nitrogens is 3. The largest absolute Gasteiger partial charge is 0.342 e. The van der Waals surface area contributed by atoms with E-state index in [-0.39, 0.29) is 5.91 Å². The molecule has 0 radical (unpaired) electrons. The summed E-state index contributed by atoms with van der Waals surface area (Å²) in [6.45, 7) is 6.04. The third-order valence-electron chi connectivity index (χ3n) is 4.48. The van der Waals surface area contributed by atoms with Crippen LogP contribution in [0.25, 0.3) is 11.4 Å². The summed E-state index contributed by atoms with van der Waals surface area (Å²) in [5.41, 5.74) is 2.26. The highest BCUT2D eigenvalue weighted by atomic mass is 32.2. The Kier molecular flexibility index (Phi) is 5.23. The van der Waals surface area contributed by atoms with Crippen LogP contribution >= 0.6 is 11.8 Å². The number of carbonyl (C=O) groups excluding carboxylic acids is 1. The second-order valence-electron chi connectivity index (χ2n) is 6.61. The van der Waals surface area contributed by atoms with Crippen LogP contribution in [0, 0.1) is 12.8 Å². The van der Waals surface area contributed by atoms with Crippen LogP contribution in [0.5, 0.6) is 0 Å². The Bertz CT molecular complexity index is 710. The van der Waals surface area contributed by atoms with Crippen molar-refractivity contribution in [3.63, 3.8) is 0 Å². The molecule has 1 amide bonds. The lowest BCUT2D eigenvalue weighted by Crippen LogP contribution is -2.40. The van der Waals surface area contributed by atoms with Crippen molar-refractivity contribution in [2.45, 2.75) is 31.8 Å². The quantitative estimate of drug-likeness (QED) is 0.800. The first kappa shape index (κ1) is 17.0. The van der Waals surface area contributed by atoms with Crippen molar-refractivity contribution in [1.29, 1.82) is 0 Å². The van der Waals surface area contributed by atoms with E-state index in [1.54, 1.807) is 0 Å². The Morgan fingerprint density at radius 2 is 2.04 bits per heavy atom. The first-order valence-electron chi connectivity index (χ1n) is 8.41. The highest BCUT2D eigenvalue weighted by Crippen LogP contribution is 2.24. The molecule has 128 valence electrons. The van der Waals surface area contributed by atoms with Gasteiger partial charge in [-0.05, 0) is 25.7 Å². The van der Waals surface area contributed by atoms with E-state index in [0.717, 1.165) is 36.1 Å². The molecule has 1 unspecified atom stereocenters. The average Bonchev–Trinajstić information content (AvgIpc) is 2.94. The van der Waals surface area contributed by atoms with Gasteiger partial charge in [-0.2, -0.15) is 0 Å². The van der Waals surface area contributed by atoms with Gasteiger partial charge in [-0.25, -0.2) is 0 Å². The number of carbonyl (C=O) groups is 1. The average molecular weight is 344 g/mol. The first-order valence-corrected chi connectivity index (χ1v) is 9.40. The van der Waals surface area contributed by atoms with Gasteiger partial charge in [0, 0.05) is 25.7 Å². The Morgan fingerprint density at radius 1 is 1.29 bits per heavy atom. The molecule has 1 fully saturated rings. The maximum Gasteiger partial charge on any atom is 0.233 e.